The van der Waals surface area contributed by atoms with Gasteiger partial charge in [-0.15, -0.1) is 0 Å². The van der Waals surface area contributed by atoms with Crippen molar-refractivity contribution in [2.24, 2.45) is 0 Å². The summed E-state index contributed by atoms with van der Waals surface area (Å²) in [6, 6.07) is 0. The molecule has 84 valence electrons. The first-order valence-electron chi connectivity index (χ1n) is 3.51. The van der Waals surface area contributed by atoms with Crippen molar-refractivity contribution in [3.05, 3.63) is 33.5 Å². The molecule has 0 fully saturated rings. The molecule has 0 atom stereocenters. The summed E-state index contributed by atoms with van der Waals surface area (Å²) in [5.74, 6) is -1.76. The topological polar surface area (TPSA) is 32.9 Å². The molecule has 1 heterocycles. The molecule has 8 heteroatoms. The van der Waals surface area contributed by atoms with E-state index in [4.69, 9.17) is 0 Å². The van der Waals surface area contributed by atoms with Crippen LogP contribution < -0.4 is 5.43 Å². The number of nitrogens with one attached hydrogen (secondary N) is 1. The smallest absolute Gasteiger partial charge is 0.337 e. The van der Waals surface area contributed by atoms with Gasteiger partial charge >= 0.3 is 6.18 Å². The first-order chi connectivity index (χ1) is 6.75. The lowest BCUT2D eigenvalue weighted by molar-refractivity contribution is -0.138. The van der Waals surface area contributed by atoms with Gasteiger partial charge in [-0.25, -0.2) is 8.78 Å². The van der Waals surface area contributed by atoms with Crippen LogP contribution in [0.15, 0.2) is 11.0 Å². The summed E-state index contributed by atoms with van der Waals surface area (Å²) < 4.78 is 72.7. The third-order valence-corrected chi connectivity index (χ3v) is 1.59. The molecule has 0 radical (unpaired) electrons. The lowest BCUT2D eigenvalue weighted by Crippen LogP contribution is -2.24. The predicted octanol–water partition coefficient (Wildman–Crippen LogP) is 2.47. The average Bonchev–Trinajstić information content (AvgIpc) is 2.00. The van der Waals surface area contributed by atoms with Crippen LogP contribution >= 0.6 is 0 Å². The number of hydrogen-bond acceptors (Lipinski definition) is 1. The van der Waals surface area contributed by atoms with Gasteiger partial charge in [-0.2, -0.15) is 17.6 Å². The molecular formula is C7H3F6NO. The Kier molecular flexibility index (Phi) is 2.78. The van der Waals surface area contributed by atoms with Crippen molar-refractivity contribution in [3.8, 4) is 0 Å². The van der Waals surface area contributed by atoms with E-state index in [0.29, 0.717) is 0 Å². The van der Waals surface area contributed by atoms with Crippen LogP contribution in [0.1, 0.15) is 17.6 Å². The molecule has 0 aromatic carbocycles. The van der Waals surface area contributed by atoms with E-state index in [1.807, 2.05) is 0 Å². The molecule has 1 rings (SSSR count). The minimum atomic E-state index is -5.09. The highest BCUT2D eigenvalue weighted by Gasteiger charge is 2.36. The maximum atomic E-state index is 12.6. The van der Waals surface area contributed by atoms with Crippen LogP contribution in [0, 0.1) is 5.95 Å². The van der Waals surface area contributed by atoms with Gasteiger partial charge in [0.25, 0.3) is 6.43 Å². The zero-order valence-electron chi connectivity index (χ0n) is 6.83. The highest BCUT2D eigenvalue weighted by Crippen LogP contribution is 2.28. The van der Waals surface area contributed by atoms with Crippen molar-refractivity contribution in [2.45, 2.75) is 12.6 Å². The number of aromatic nitrogens is 1. The number of aromatic amines is 1. The van der Waals surface area contributed by atoms with Gasteiger partial charge in [0.1, 0.15) is 11.1 Å². The Morgan fingerprint density at radius 2 is 1.80 bits per heavy atom. The Morgan fingerprint density at radius 1 is 1.27 bits per heavy atom. The molecule has 0 saturated heterocycles. The highest BCUT2D eigenvalue weighted by molar-refractivity contribution is 5.23. The second-order valence-corrected chi connectivity index (χ2v) is 2.56. The molecule has 2 nitrogen and oxygen atoms in total. The highest BCUT2D eigenvalue weighted by atomic mass is 19.4. The molecule has 1 aromatic heterocycles. The van der Waals surface area contributed by atoms with Gasteiger partial charge in [-0.3, -0.25) is 4.79 Å². The van der Waals surface area contributed by atoms with E-state index in [2.05, 4.69) is 0 Å². The number of pyridine rings is 1. The number of halogens is 6. The van der Waals surface area contributed by atoms with E-state index in [9.17, 15) is 31.1 Å². The van der Waals surface area contributed by atoms with Gasteiger partial charge in [-0.1, -0.05) is 0 Å². The Morgan fingerprint density at radius 3 is 2.20 bits per heavy atom. The third-order valence-electron chi connectivity index (χ3n) is 1.59. The maximum absolute atomic E-state index is 12.6. The normalized spacial score (nSPS) is 12.2. The zero-order chi connectivity index (χ0) is 11.8. The molecule has 15 heavy (non-hydrogen) atoms. The molecule has 0 aliphatic rings. The van der Waals surface area contributed by atoms with Crippen molar-refractivity contribution in [1.82, 2.24) is 4.98 Å². The first-order valence-corrected chi connectivity index (χ1v) is 3.51. The second-order valence-electron chi connectivity index (χ2n) is 2.56. The Labute approximate surface area is 78.5 Å². The van der Waals surface area contributed by atoms with Gasteiger partial charge in [0.2, 0.25) is 11.4 Å². The fraction of sp³-hybridized carbons (Fsp3) is 0.286. The fourth-order valence-electron chi connectivity index (χ4n) is 0.929. The minimum Gasteiger partial charge on any atom is -0.337 e. The molecule has 0 spiro atoms. The Balaban J connectivity index is 3.50. The molecule has 1 N–H and O–H groups in total. The summed E-state index contributed by atoms with van der Waals surface area (Å²) in [4.78, 5) is 12.1. The van der Waals surface area contributed by atoms with Gasteiger partial charge in [0.05, 0.1) is 0 Å². The molecule has 0 aliphatic carbocycles. The van der Waals surface area contributed by atoms with Gasteiger partial charge in [0.15, 0.2) is 0 Å². The van der Waals surface area contributed by atoms with Crippen LogP contribution in [0.4, 0.5) is 26.3 Å². The van der Waals surface area contributed by atoms with Crippen LogP contribution in [0.5, 0.6) is 0 Å². The number of hydrogen-bond donors (Lipinski definition) is 1. The number of rotatable bonds is 1. The molecule has 0 amide bonds. The summed E-state index contributed by atoms with van der Waals surface area (Å²) in [6.45, 7) is 0. The lowest BCUT2D eigenvalue weighted by Gasteiger charge is -2.07. The maximum Gasteiger partial charge on any atom is 0.421 e. The third kappa shape index (κ3) is 2.13. The standard InChI is InChI=1S/C7H3F6NO/c8-5(9)3-4(15)2(7(11,12)13)1-14-6(3)10/h1,5H,(H,14,15). The molecule has 0 bridgehead atoms. The van der Waals surface area contributed by atoms with Gasteiger partial charge in [-0.05, 0) is 0 Å². The quantitative estimate of drug-likeness (QED) is 0.584. The van der Waals surface area contributed by atoms with Crippen molar-refractivity contribution in [2.75, 3.05) is 0 Å². The van der Waals surface area contributed by atoms with E-state index >= 15 is 0 Å². The SMILES string of the molecule is O=c1c(C(F)(F)F)c[nH]c(F)c1C(F)F. The summed E-state index contributed by atoms with van der Waals surface area (Å²) in [6.07, 6.45) is -8.68. The van der Waals surface area contributed by atoms with Crippen LogP contribution in [0.3, 0.4) is 0 Å². The van der Waals surface area contributed by atoms with Crippen molar-refractivity contribution in [3.63, 3.8) is 0 Å². The van der Waals surface area contributed by atoms with Crippen molar-refractivity contribution < 1.29 is 26.3 Å². The summed E-state index contributed by atoms with van der Waals surface area (Å²) in [5.41, 5.74) is -5.70. The summed E-state index contributed by atoms with van der Waals surface area (Å²) in [5, 5.41) is 0. The molecular weight excluding hydrogens is 228 g/mol. The van der Waals surface area contributed by atoms with Gasteiger partial charge in [0, 0.05) is 6.20 Å². The van der Waals surface area contributed by atoms with E-state index < -0.39 is 35.1 Å². The van der Waals surface area contributed by atoms with E-state index in [0.717, 1.165) is 0 Å². The monoisotopic (exact) mass is 231 g/mol. The van der Waals surface area contributed by atoms with E-state index in [1.54, 1.807) is 0 Å². The van der Waals surface area contributed by atoms with Crippen LogP contribution in [-0.2, 0) is 6.18 Å². The Hall–Kier alpha value is -1.47. The average molecular weight is 231 g/mol. The van der Waals surface area contributed by atoms with E-state index in [1.165, 1.54) is 4.98 Å². The summed E-state index contributed by atoms with van der Waals surface area (Å²) >= 11 is 0. The summed E-state index contributed by atoms with van der Waals surface area (Å²) in [7, 11) is 0. The predicted molar refractivity (Wildman–Crippen MR) is 37.0 cm³/mol. The largest absolute Gasteiger partial charge is 0.421 e. The number of H-pyrrole nitrogens is 1. The van der Waals surface area contributed by atoms with Crippen LogP contribution in [0.2, 0.25) is 0 Å². The van der Waals surface area contributed by atoms with E-state index in [-0.39, 0.29) is 6.20 Å². The van der Waals surface area contributed by atoms with Crippen LogP contribution in [0.25, 0.3) is 0 Å². The van der Waals surface area contributed by atoms with Crippen molar-refractivity contribution >= 4 is 0 Å². The fourth-order valence-corrected chi connectivity index (χ4v) is 0.929. The minimum absolute atomic E-state index is 0.0174. The molecule has 0 aliphatic heterocycles. The van der Waals surface area contributed by atoms with Crippen LogP contribution in [-0.4, -0.2) is 4.98 Å². The molecule has 1 aromatic rings. The number of alkyl halides is 5. The second kappa shape index (κ2) is 3.59. The van der Waals surface area contributed by atoms with Crippen molar-refractivity contribution in [1.29, 1.82) is 0 Å². The molecule has 0 unspecified atom stereocenters. The molecule has 0 saturated carbocycles. The lowest BCUT2D eigenvalue weighted by atomic mass is 10.2. The zero-order valence-corrected chi connectivity index (χ0v) is 6.83. The first kappa shape index (κ1) is 11.6. The Bertz CT molecular complexity index is 420. The van der Waals surface area contributed by atoms with Gasteiger partial charge < -0.3 is 4.98 Å².